The molecule has 132 valence electrons. The quantitative estimate of drug-likeness (QED) is 0.688. The number of aliphatic hydroxyl groups is 1. The van der Waals surface area contributed by atoms with E-state index in [1.54, 1.807) is 12.1 Å². The van der Waals surface area contributed by atoms with Crippen molar-refractivity contribution in [1.29, 1.82) is 0 Å². The molecule has 1 aromatic carbocycles. The topological polar surface area (TPSA) is 80.5 Å². The molecule has 1 fully saturated rings. The van der Waals surface area contributed by atoms with E-state index in [9.17, 15) is 9.90 Å². The van der Waals surface area contributed by atoms with Crippen LogP contribution in [0.25, 0.3) is 5.73 Å². The number of β-amino-alcohol motifs (C(OH)–C–C–N with tert-alkyl or cyclic N) is 1. The molecule has 1 saturated heterocycles. The van der Waals surface area contributed by atoms with Crippen molar-refractivity contribution in [3.63, 3.8) is 0 Å². The monoisotopic (exact) mass is 480 g/mol. The van der Waals surface area contributed by atoms with Crippen molar-refractivity contribution in [3.05, 3.63) is 65.5 Å². The number of benzene rings is 1. The van der Waals surface area contributed by atoms with Crippen molar-refractivity contribution in [2.24, 2.45) is 0 Å². The summed E-state index contributed by atoms with van der Waals surface area (Å²) in [5, 5.41) is 9.80. The fraction of sp³-hybridized carbons (Fsp3) is 0.368. The van der Waals surface area contributed by atoms with Crippen molar-refractivity contribution in [1.82, 2.24) is 9.88 Å². The summed E-state index contributed by atoms with van der Waals surface area (Å²) in [6.45, 7) is 2.37. The summed E-state index contributed by atoms with van der Waals surface area (Å²) >= 11 is 0. The normalized spacial score (nSPS) is 18.2. The zero-order chi connectivity index (χ0) is 17.8. The largest absolute Gasteiger partial charge is 3.00 e. The molecule has 0 spiro atoms. The minimum absolute atomic E-state index is 0. The molecule has 2 N–H and O–H groups in total. The predicted octanol–water partition coefficient (Wildman–Crippen LogP) is 2.52. The molecule has 1 aliphatic rings. The molecule has 6 nitrogen and oxygen atoms in total. The molecule has 2 heterocycles. The summed E-state index contributed by atoms with van der Waals surface area (Å²) in [5.74, 6) is 0.0194. The number of amides is 1. The third-order valence-electron chi connectivity index (χ3n) is 4.70. The first-order chi connectivity index (χ1) is 12.0. The van der Waals surface area contributed by atoms with Crippen LogP contribution in [0.2, 0.25) is 0 Å². The Morgan fingerprint density at radius 3 is 2.62 bits per heavy atom. The average molecular weight is 480 g/mol. The van der Waals surface area contributed by atoms with Crippen molar-refractivity contribution >= 4 is 11.7 Å². The molecule has 1 amide bonds. The number of nitrogens with zero attached hydrogens (tertiary/aromatic N) is 3. The molecule has 0 radical (unpaired) electrons. The van der Waals surface area contributed by atoms with Gasteiger partial charge >= 0.3 is 41.3 Å². The van der Waals surface area contributed by atoms with Gasteiger partial charge in [0.15, 0.2) is 0 Å². The predicted molar refractivity (Wildman–Crippen MR) is 97.5 cm³/mol. The third kappa shape index (κ3) is 5.22. The van der Waals surface area contributed by atoms with Gasteiger partial charge in [-0.2, -0.15) is 0 Å². The zero-order valence-electron chi connectivity index (χ0n) is 14.9. The number of rotatable bonds is 6. The van der Waals surface area contributed by atoms with Crippen molar-refractivity contribution in [2.45, 2.75) is 18.6 Å². The maximum atomic E-state index is 11.1. The molecular formula is C19H23N4O2Pr+2. The van der Waals surface area contributed by atoms with E-state index in [0.29, 0.717) is 6.54 Å². The van der Waals surface area contributed by atoms with Gasteiger partial charge in [-0.05, 0) is 24.1 Å². The van der Waals surface area contributed by atoms with Gasteiger partial charge in [0.1, 0.15) is 5.82 Å². The minimum Gasteiger partial charge on any atom is -0.664 e. The zero-order valence-corrected chi connectivity index (χ0v) is 18.6. The molecule has 2 aromatic rings. The van der Waals surface area contributed by atoms with Crippen LogP contribution >= 0.6 is 0 Å². The molecule has 1 aliphatic heterocycles. The molecule has 1 aromatic heterocycles. The fourth-order valence-corrected chi connectivity index (χ4v) is 3.24. The second kappa shape index (κ2) is 9.74. The van der Waals surface area contributed by atoms with E-state index >= 15 is 0 Å². The number of aliphatic hydroxyl groups excluding tert-OH is 1. The Morgan fingerprint density at radius 2 is 2.08 bits per heavy atom. The Kier molecular flexibility index (Phi) is 7.95. The number of carbonyl (C=O) groups is 1. The Balaban J connectivity index is 0.00000243. The van der Waals surface area contributed by atoms with E-state index in [1.165, 1.54) is 11.8 Å². The molecule has 0 aliphatic carbocycles. The summed E-state index contributed by atoms with van der Waals surface area (Å²) in [4.78, 5) is 19.8. The van der Waals surface area contributed by atoms with Crippen LogP contribution in [-0.2, 0) is 0 Å². The summed E-state index contributed by atoms with van der Waals surface area (Å²) < 4.78 is 0. The van der Waals surface area contributed by atoms with Crippen molar-refractivity contribution in [3.8, 4) is 0 Å². The van der Waals surface area contributed by atoms with Gasteiger partial charge in [0, 0.05) is 38.4 Å². The maximum absolute atomic E-state index is 11.1. The summed E-state index contributed by atoms with van der Waals surface area (Å²) in [7, 11) is 1.98. The van der Waals surface area contributed by atoms with Gasteiger partial charge < -0.3 is 20.5 Å². The summed E-state index contributed by atoms with van der Waals surface area (Å²) in [5.41, 5.74) is 8.62. The number of likely N-dealkylation sites (N-methyl/N-ethyl adjacent to an activating group) is 1. The Labute approximate surface area is 187 Å². The standard InChI is InChI=1S/C19H24N4O2.Pr/c1-22(18-8-7-15(11-21-18)19(20)25)17(14-5-3-2-4-6-14)13-23-10-9-16(24)12-23;/h2-8,11,16-17,24H,9-10,12-13H2,1H3,(H2,20,25);/q;+3/p-1. The smallest absolute Gasteiger partial charge is 0.664 e. The first kappa shape index (κ1) is 21.2. The molecule has 7 heteroatoms. The van der Waals surface area contributed by atoms with E-state index in [4.69, 9.17) is 5.73 Å². The van der Waals surface area contributed by atoms with Crippen LogP contribution in [0.5, 0.6) is 0 Å². The molecule has 0 saturated carbocycles. The molecule has 2 unspecified atom stereocenters. The summed E-state index contributed by atoms with van der Waals surface area (Å²) in [6, 6.07) is 13.7. The van der Waals surface area contributed by atoms with Gasteiger partial charge in [0.2, 0.25) is 0 Å². The van der Waals surface area contributed by atoms with Crippen molar-refractivity contribution < 1.29 is 51.2 Å². The number of likely N-dealkylation sites (tertiary alicyclic amines) is 1. The molecule has 3 rings (SSSR count). The van der Waals surface area contributed by atoms with Gasteiger partial charge in [0.25, 0.3) is 0 Å². The summed E-state index contributed by atoms with van der Waals surface area (Å²) in [6.07, 6.45) is 2.01. The number of anilines is 1. The van der Waals surface area contributed by atoms with Crippen LogP contribution in [-0.4, -0.2) is 53.7 Å². The van der Waals surface area contributed by atoms with Crippen molar-refractivity contribution in [2.75, 3.05) is 31.6 Å². The Morgan fingerprint density at radius 1 is 1.35 bits per heavy atom. The number of pyridine rings is 1. The Bertz CT molecular complexity index is 711. The maximum Gasteiger partial charge on any atom is 3.00 e. The van der Waals surface area contributed by atoms with Crippen LogP contribution < -0.4 is 4.90 Å². The number of nitrogens with one attached hydrogen (secondary N) is 1. The molecule has 0 bridgehead atoms. The Hall–Kier alpha value is -1.08. The van der Waals surface area contributed by atoms with E-state index < -0.39 is 5.91 Å². The second-order valence-electron chi connectivity index (χ2n) is 6.47. The van der Waals surface area contributed by atoms with E-state index in [1.807, 2.05) is 25.2 Å². The average Bonchev–Trinajstić information content (AvgIpc) is 3.05. The van der Waals surface area contributed by atoms with Crippen LogP contribution in [0.4, 0.5) is 5.82 Å². The fourth-order valence-electron chi connectivity index (χ4n) is 3.24. The van der Waals surface area contributed by atoms with Gasteiger partial charge in [-0.1, -0.05) is 30.3 Å². The number of hydrogen-bond acceptors (Lipinski definition) is 5. The molecular weight excluding hydrogens is 457 g/mol. The number of hydrogen-bond donors (Lipinski definition) is 1. The molecule has 2 atom stereocenters. The SMILES string of the molecule is CN(c1ccc(C([NH-])=O)cn1)C(CN1CCC(O)C1)c1ccccc1.[Pr+3]. The van der Waals surface area contributed by atoms with E-state index in [-0.39, 0.29) is 59.0 Å². The molecule has 26 heavy (non-hydrogen) atoms. The number of aromatic nitrogens is 1. The van der Waals surface area contributed by atoms with Crippen LogP contribution in [0, 0.1) is 41.3 Å². The minimum atomic E-state index is -0.729. The van der Waals surface area contributed by atoms with Crippen LogP contribution in [0.3, 0.4) is 0 Å². The first-order valence-corrected chi connectivity index (χ1v) is 8.45. The third-order valence-corrected chi connectivity index (χ3v) is 4.70. The van der Waals surface area contributed by atoms with Gasteiger partial charge in [-0.15, -0.1) is 0 Å². The first-order valence-electron chi connectivity index (χ1n) is 8.45. The van der Waals surface area contributed by atoms with Gasteiger partial charge in [-0.25, -0.2) is 4.98 Å². The van der Waals surface area contributed by atoms with Crippen LogP contribution in [0.15, 0.2) is 48.7 Å². The second-order valence-corrected chi connectivity index (χ2v) is 6.47. The van der Waals surface area contributed by atoms with E-state index in [0.717, 1.165) is 25.3 Å². The van der Waals surface area contributed by atoms with E-state index in [2.05, 4.69) is 26.9 Å². The van der Waals surface area contributed by atoms with Gasteiger partial charge in [-0.3, -0.25) is 4.90 Å². The van der Waals surface area contributed by atoms with Gasteiger partial charge in [0.05, 0.1) is 18.1 Å². The number of carbonyl (C=O) groups excluding carboxylic acids is 1. The van der Waals surface area contributed by atoms with Crippen LogP contribution in [0.1, 0.15) is 28.4 Å².